The Morgan fingerprint density at radius 1 is 1.25 bits per heavy atom. The Labute approximate surface area is 162 Å². The monoisotopic (exact) mass is 380 g/mol. The molecule has 0 bridgehead atoms. The number of carbonyl (C=O) groups is 1. The standard InChI is InChI=1S/C20H21FN6O/c1-13-11-26(12-14-6-2-3-7-15(14)21)25-18(13)20-23-10-16(19(22)24-20)27-9-5-4-8-17(27)28/h2-3,6-7,10H,1,4-5,8-9,11-12H2,(H2,22,23,24). The average molecular weight is 380 g/mol. The van der Waals surface area contributed by atoms with Gasteiger partial charge in [-0.2, -0.15) is 5.10 Å². The molecule has 3 heterocycles. The zero-order valence-corrected chi connectivity index (χ0v) is 15.4. The molecule has 2 aromatic rings. The molecule has 1 amide bonds. The van der Waals surface area contributed by atoms with Crippen LogP contribution in [0.3, 0.4) is 0 Å². The number of hydrazone groups is 1. The highest BCUT2D eigenvalue weighted by molar-refractivity contribution is 6.11. The molecule has 0 atom stereocenters. The lowest BCUT2D eigenvalue weighted by atomic mass is 10.1. The maximum atomic E-state index is 13.9. The summed E-state index contributed by atoms with van der Waals surface area (Å²) in [6, 6.07) is 6.60. The molecule has 2 N–H and O–H groups in total. The quantitative estimate of drug-likeness (QED) is 0.880. The third-order valence-corrected chi connectivity index (χ3v) is 4.88. The Morgan fingerprint density at radius 3 is 2.82 bits per heavy atom. The lowest BCUT2D eigenvalue weighted by Gasteiger charge is -2.27. The van der Waals surface area contributed by atoms with Gasteiger partial charge < -0.3 is 10.6 Å². The summed E-state index contributed by atoms with van der Waals surface area (Å²) in [7, 11) is 0. The van der Waals surface area contributed by atoms with Crippen molar-refractivity contribution in [2.24, 2.45) is 5.10 Å². The molecule has 2 aliphatic heterocycles. The number of hydrogen-bond acceptors (Lipinski definition) is 6. The van der Waals surface area contributed by atoms with E-state index in [0.717, 1.165) is 18.4 Å². The van der Waals surface area contributed by atoms with Gasteiger partial charge in [0.05, 0.1) is 19.3 Å². The van der Waals surface area contributed by atoms with Crippen molar-refractivity contribution in [2.75, 3.05) is 23.7 Å². The van der Waals surface area contributed by atoms with Gasteiger partial charge >= 0.3 is 0 Å². The molecule has 0 aliphatic carbocycles. The number of piperidine rings is 1. The highest BCUT2D eigenvalue weighted by atomic mass is 19.1. The second kappa shape index (κ2) is 7.38. The van der Waals surface area contributed by atoms with Gasteiger partial charge in [0, 0.05) is 18.5 Å². The van der Waals surface area contributed by atoms with Gasteiger partial charge in [-0.05, 0) is 24.5 Å². The lowest BCUT2D eigenvalue weighted by molar-refractivity contribution is -0.119. The van der Waals surface area contributed by atoms with E-state index in [1.165, 1.54) is 6.07 Å². The number of amides is 1. The number of carbonyl (C=O) groups excluding carboxylic acids is 1. The van der Waals surface area contributed by atoms with Gasteiger partial charge in [-0.1, -0.05) is 24.8 Å². The first-order chi connectivity index (χ1) is 13.5. The molecule has 0 saturated carbocycles. The van der Waals surface area contributed by atoms with Gasteiger partial charge in [0.25, 0.3) is 0 Å². The first kappa shape index (κ1) is 18.1. The van der Waals surface area contributed by atoms with Crippen LogP contribution in [0.15, 0.2) is 47.7 Å². The smallest absolute Gasteiger partial charge is 0.227 e. The van der Waals surface area contributed by atoms with Crippen molar-refractivity contribution >= 4 is 23.1 Å². The average Bonchev–Trinajstić information content (AvgIpc) is 3.04. The van der Waals surface area contributed by atoms with Crippen LogP contribution in [0.5, 0.6) is 0 Å². The third-order valence-electron chi connectivity index (χ3n) is 4.88. The van der Waals surface area contributed by atoms with Crippen molar-refractivity contribution < 1.29 is 9.18 Å². The van der Waals surface area contributed by atoms with E-state index in [4.69, 9.17) is 5.73 Å². The molecule has 4 rings (SSSR count). The molecule has 144 valence electrons. The van der Waals surface area contributed by atoms with Crippen molar-refractivity contribution in [3.05, 3.63) is 59.8 Å². The molecule has 28 heavy (non-hydrogen) atoms. The zero-order chi connectivity index (χ0) is 19.7. The summed E-state index contributed by atoms with van der Waals surface area (Å²) in [4.78, 5) is 22.5. The first-order valence-corrected chi connectivity index (χ1v) is 9.21. The molecule has 0 radical (unpaired) electrons. The van der Waals surface area contributed by atoms with E-state index >= 15 is 0 Å². The number of aromatic nitrogens is 2. The Hall–Kier alpha value is -3.29. The van der Waals surface area contributed by atoms with Crippen molar-refractivity contribution in [1.82, 2.24) is 15.0 Å². The minimum absolute atomic E-state index is 0.0352. The van der Waals surface area contributed by atoms with Crippen LogP contribution in [-0.4, -0.2) is 39.7 Å². The van der Waals surface area contributed by atoms with Crippen molar-refractivity contribution in [3.63, 3.8) is 0 Å². The number of halogens is 1. The second-order valence-electron chi connectivity index (χ2n) is 6.93. The molecule has 7 nitrogen and oxygen atoms in total. The minimum atomic E-state index is -0.271. The summed E-state index contributed by atoms with van der Waals surface area (Å²) in [5.41, 5.74) is 8.46. The maximum absolute atomic E-state index is 13.9. The molecular formula is C20H21FN6O. The van der Waals surface area contributed by atoms with Crippen LogP contribution in [0.2, 0.25) is 0 Å². The van der Waals surface area contributed by atoms with Crippen LogP contribution in [0.4, 0.5) is 15.9 Å². The van der Waals surface area contributed by atoms with Gasteiger partial charge in [-0.25, -0.2) is 14.4 Å². The highest BCUT2D eigenvalue weighted by Gasteiger charge is 2.26. The van der Waals surface area contributed by atoms with E-state index in [1.54, 1.807) is 34.3 Å². The summed E-state index contributed by atoms with van der Waals surface area (Å²) < 4.78 is 13.9. The van der Waals surface area contributed by atoms with Crippen LogP contribution in [-0.2, 0) is 11.3 Å². The molecule has 1 aromatic carbocycles. The predicted octanol–water partition coefficient (Wildman–Crippen LogP) is 2.49. The Kier molecular flexibility index (Phi) is 4.77. The molecule has 2 aliphatic rings. The fraction of sp³-hybridized carbons (Fsp3) is 0.300. The number of anilines is 2. The van der Waals surface area contributed by atoms with E-state index < -0.39 is 0 Å². The number of nitrogen functional groups attached to an aromatic ring is 1. The Bertz CT molecular complexity index is 973. The predicted molar refractivity (Wildman–Crippen MR) is 105 cm³/mol. The fourth-order valence-electron chi connectivity index (χ4n) is 3.43. The van der Waals surface area contributed by atoms with Crippen molar-refractivity contribution in [3.8, 4) is 0 Å². The second-order valence-corrected chi connectivity index (χ2v) is 6.93. The summed E-state index contributed by atoms with van der Waals surface area (Å²) in [6.07, 6.45) is 3.90. The summed E-state index contributed by atoms with van der Waals surface area (Å²) in [5, 5.41) is 6.22. The molecule has 1 fully saturated rings. The molecule has 0 unspecified atom stereocenters. The fourth-order valence-corrected chi connectivity index (χ4v) is 3.43. The van der Waals surface area contributed by atoms with Crippen LogP contribution >= 0.6 is 0 Å². The topological polar surface area (TPSA) is 87.7 Å². The van der Waals surface area contributed by atoms with Crippen molar-refractivity contribution in [1.29, 1.82) is 0 Å². The molecular weight excluding hydrogens is 359 g/mol. The van der Waals surface area contributed by atoms with E-state index in [0.29, 0.717) is 48.8 Å². The zero-order valence-electron chi connectivity index (χ0n) is 15.4. The van der Waals surface area contributed by atoms with Gasteiger partial charge in [0.1, 0.15) is 17.2 Å². The normalized spacial score (nSPS) is 17.2. The summed E-state index contributed by atoms with van der Waals surface area (Å²) >= 11 is 0. The molecule has 0 spiro atoms. The number of nitrogens with two attached hydrogens (primary N) is 1. The van der Waals surface area contributed by atoms with E-state index in [-0.39, 0.29) is 17.5 Å². The molecule has 8 heteroatoms. The lowest BCUT2D eigenvalue weighted by Crippen LogP contribution is -2.36. The number of benzene rings is 1. The van der Waals surface area contributed by atoms with Crippen LogP contribution in [0, 0.1) is 5.82 Å². The van der Waals surface area contributed by atoms with E-state index in [1.807, 2.05) is 0 Å². The van der Waals surface area contributed by atoms with Crippen LogP contribution < -0.4 is 10.6 Å². The third kappa shape index (κ3) is 3.45. The van der Waals surface area contributed by atoms with Gasteiger partial charge in [-0.15, -0.1) is 0 Å². The maximum Gasteiger partial charge on any atom is 0.227 e. The van der Waals surface area contributed by atoms with Gasteiger partial charge in [-0.3, -0.25) is 9.80 Å². The summed E-state index contributed by atoms with van der Waals surface area (Å²) in [6.45, 7) is 5.43. The number of nitrogens with zero attached hydrogens (tertiary/aromatic N) is 5. The van der Waals surface area contributed by atoms with Crippen LogP contribution in [0.25, 0.3) is 0 Å². The highest BCUT2D eigenvalue weighted by Crippen LogP contribution is 2.26. The largest absolute Gasteiger partial charge is 0.382 e. The number of rotatable bonds is 4. The number of hydrogen-bond donors (Lipinski definition) is 1. The SMILES string of the molecule is C=C1CN(Cc2ccccc2F)N=C1c1ncc(N2CCCCC2=O)c(N)n1. The van der Waals surface area contributed by atoms with Crippen LogP contribution in [0.1, 0.15) is 30.7 Å². The van der Waals surface area contributed by atoms with E-state index in [9.17, 15) is 9.18 Å². The minimum Gasteiger partial charge on any atom is -0.382 e. The van der Waals surface area contributed by atoms with Crippen molar-refractivity contribution in [2.45, 2.75) is 25.8 Å². The summed E-state index contributed by atoms with van der Waals surface area (Å²) in [5.74, 6) is 0.357. The molecule has 1 aromatic heterocycles. The van der Waals surface area contributed by atoms with Gasteiger partial charge in [0.2, 0.25) is 5.91 Å². The Balaban J connectivity index is 1.56. The molecule has 1 saturated heterocycles. The van der Waals surface area contributed by atoms with E-state index in [2.05, 4.69) is 21.6 Å². The Morgan fingerprint density at radius 2 is 2.07 bits per heavy atom. The van der Waals surface area contributed by atoms with Gasteiger partial charge in [0.15, 0.2) is 11.6 Å². The first-order valence-electron chi connectivity index (χ1n) is 9.21.